The summed E-state index contributed by atoms with van der Waals surface area (Å²) < 4.78 is 1.05. The van der Waals surface area contributed by atoms with Gasteiger partial charge in [-0.2, -0.15) is 0 Å². The maximum Gasteiger partial charge on any atom is 0.252 e. The summed E-state index contributed by atoms with van der Waals surface area (Å²) in [4.78, 5) is 22.7. The Labute approximate surface area is 205 Å². The molecule has 0 spiro atoms. The van der Waals surface area contributed by atoms with Crippen molar-refractivity contribution in [2.75, 3.05) is 0 Å². The van der Waals surface area contributed by atoms with Crippen LogP contribution in [0.3, 0.4) is 0 Å². The van der Waals surface area contributed by atoms with Gasteiger partial charge in [-0.05, 0) is 70.1 Å². The van der Waals surface area contributed by atoms with Gasteiger partial charge in [0.2, 0.25) is 0 Å². The Bertz CT molecular complexity index is 1480. The van der Waals surface area contributed by atoms with Crippen molar-refractivity contribution in [2.24, 2.45) is 5.73 Å². The van der Waals surface area contributed by atoms with Crippen LogP contribution in [0.1, 0.15) is 21.5 Å². The highest BCUT2D eigenvalue weighted by molar-refractivity contribution is 14.1. The molecule has 33 heavy (non-hydrogen) atoms. The lowest BCUT2D eigenvalue weighted by Crippen LogP contribution is -2.23. The Kier molecular flexibility index (Phi) is 6.02. The third-order valence-corrected chi connectivity index (χ3v) is 6.28. The number of aromatic nitrogens is 2. The largest absolute Gasteiger partial charge is 0.348 e. The zero-order valence-corrected chi connectivity index (χ0v) is 19.9. The molecule has 3 aromatic carbocycles. The zero-order valence-electron chi connectivity index (χ0n) is 17.8. The number of hydrogen-bond donors (Lipinski definition) is 2. The van der Waals surface area contributed by atoms with Gasteiger partial charge in [0.05, 0.1) is 22.3 Å². The van der Waals surface area contributed by atoms with Crippen LogP contribution >= 0.6 is 22.6 Å². The summed E-state index contributed by atoms with van der Waals surface area (Å²) in [6, 6.07) is 25.8. The number of carbonyl (C=O) groups excluding carboxylic acids is 1. The van der Waals surface area contributed by atoms with Gasteiger partial charge in [-0.1, -0.05) is 42.5 Å². The van der Waals surface area contributed by atoms with E-state index in [0.29, 0.717) is 18.7 Å². The highest BCUT2D eigenvalue weighted by Crippen LogP contribution is 2.27. The lowest BCUT2D eigenvalue weighted by molar-refractivity contribution is 0.0952. The Morgan fingerprint density at radius 1 is 0.909 bits per heavy atom. The molecule has 0 fully saturated rings. The van der Waals surface area contributed by atoms with Gasteiger partial charge < -0.3 is 11.1 Å². The van der Waals surface area contributed by atoms with Crippen molar-refractivity contribution in [3.8, 4) is 11.3 Å². The van der Waals surface area contributed by atoms with Crippen molar-refractivity contribution >= 4 is 50.3 Å². The number of hydrogen-bond acceptors (Lipinski definition) is 4. The molecule has 5 nitrogen and oxygen atoms in total. The number of pyridine rings is 2. The lowest BCUT2D eigenvalue weighted by Gasteiger charge is -2.12. The normalized spacial score (nSPS) is 11.1. The summed E-state index contributed by atoms with van der Waals surface area (Å²) >= 11 is 2.26. The molecule has 0 aliphatic heterocycles. The van der Waals surface area contributed by atoms with Crippen molar-refractivity contribution in [3.63, 3.8) is 0 Å². The summed E-state index contributed by atoms with van der Waals surface area (Å²) in [7, 11) is 0. The first-order chi connectivity index (χ1) is 16.1. The number of fused-ring (bicyclic) bond motifs is 2. The number of halogens is 1. The quantitative estimate of drug-likeness (QED) is 0.289. The minimum atomic E-state index is -0.137. The summed E-state index contributed by atoms with van der Waals surface area (Å²) in [6.45, 7) is 0.935. The van der Waals surface area contributed by atoms with E-state index in [1.54, 1.807) is 0 Å². The Morgan fingerprint density at radius 3 is 2.52 bits per heavy atom. The molecule has 2 aromatic heterocycles. The average Bonchev–Trinajstić information content (AvgIpc) is 2.86. The Morgan fingerprint density at radius 2 is 1.70 bits per heavy atom. The number of nitrogens with zero attached hydrogens (tertiary/aromatic N) is 2. The molecular weight excluding hydrogens is 523 g/mol. The topological polar surface area (TPSA) is 80.9 Å². The number of carbonyl (C=O) groups is 1. The zero-order chi connectivity index (χ0) is 22.8. The second-order valence-electron chi connectivity index (χ2n) is 7.84. The average molecular weight is 544 g/mol. The molecular formula is C27H21IN4O. The third-order valence-electron chi connectivity index (χ3n) is 5.61. The molecule has 0 bridgehead atoms. The van der Waals surface area contributed by atoms with E-state index in [4.69, 9.17) is 10.7 Å². The van der Waals surface area contributed by atoms with Crippen molar-refractivity contribution in [1.82, 2.24) is 15.3 Å². The van der Waals surface area contributed by atoms with E-state index in [2.05, 4.69) is 39.0 Å². The van der Waals surface area contributed by atoms with Crippen LogP contribution in [0.4, 0.5) is 0 Å². The Balaban J connectivity index is 1.52. The number of nitrogens with two attached hydrogens (primary N) is 1. The molecule has 1 amide bonds. The van der Waals surface area contributed by atoms with E-state index in [9.17, 15) is 4.79 Å². The Hall–Kier alpha value is -3.36. The van der Waals surface area contributed by atoms with E-state index < -0.39 is 0 Å². The van der Waals surface area contributed by atoms with Crippen LogP contribution in [0.15, 0.2) is 85.1 Å². The summed E-state index contributed by atoms with van der Waals surface area (Å²) in [5, 5.41) is 4.92. The maximum absolute atomic E-state index is 13.3. The second-order valence-corrected chi connectivity index (χ2v) is 9.08. The van der Waals surface area contributed by atoms with Gasteiger partial charge in [-0.3, -0.25) is 9.78 Å². The molecule has 6 heteroatoms. The van der Waals surface area contributed by atoms with Crippen LogP contribution in [0.2, 0.25) is 0 Å². The molecule has 0 aliphatic carbocycles. The van der Waals surface area contributed by atoms with Crippen molar-refractivity contribution in [3.05, 3.63) is 105 Å². The number of rotatable bonds is 5. The summed E-state index contributed by atoms with van der Waals surface area (Å²) in [6.07, 6.45) is 1.81. The number of nitrogens with one attached hydrogen (secondary N) is 1. The van der Waals surface area contributed by atoms with Crippen LogP contribution in [0, 0.1) is 3.57 Å². The van der Waals surface area contributed by atoms with E-state index >= 15 is 0 Å². The molecule has 5 aromatic rings. The predicted molar refractivity (Wildman–Crippen MR) is 141 cm³/mol. The minimum absolute atomic E-state index is 0.137. The first-order valence-electron chi connectivity index (χ1n) is 10.6. The third kappa shape index (κ3) is 4.58. The van der Waals surface area contributed by atoms with E-state index in [0.717, 1.165) is 47.8 Å². The first-order valence-corrected chi connectivity index (χ1v) is 11.7. The monoisotopic (exact) mass is 544 g/mol. The van der Waals surface area contributed by atoms with Gasteiger partial charge in [-0.15, -0.1) is 0 Å². The smallest absolute Gasteiger partial charge is 0.252 e. The van der Waals surface area contributed by atoms with E-state index in [-0.39, 0.29) is 5.91 Å². The molecule has 0 aliphatic rings. The van der Waals surface area contributed by atoms with Gasteiger partial charge >= 0.3 is 0 Å². The van der Waals surface area contributed by atoms with E-state index in [1.807, 2.05) is 79.0 Å². The fraction of sp³-hybridized carbons (Fsp3) is 0.0741. The van der Waals surface area contributed by atoms with Gasteiger partial charge in [0.25, 0.3) is 5.91 Å². The SMILES string of the molecule is NCc1ccc(CNC(=O)c2cc(-c3cnc4ccccc4c3)nc3ccc(I)cc23)cc1. The number of para-hydroxylation sites is 1. The fourth-order valence-corrected chi connectivity index (χ4v) is 4.31. The molecule has 0 saturated carbocycles. The van der Waals surface area contributed by atoms with Crippen molar-refractivity contribution in [2.45, 2.75) is 13.1 Å². The molecule has 0 atom stereocenters. The number of benzene rings is 3. The molecule has 0 unspecified atom stereocenters. The molecule has 3 N–H and O–H groups in total. The molecule has 162 valence electrons. The molecule has 0 saturated heterocycles. The van der Waals surface area contributed by atoms with Crippen molar-refractivity contribution < 1.29 is 4.79 Å². The lowest BCUT2D eigenvalue weighted by atomic mass is 10.0. The van der Waals surface area contributed by atoms with Crippen LogP contribution in [0.25, 0.3) is 33.1 Å². The van der Waals surface area contributed by atoms with Crippen LogP contribution in [-0.2, 0) is 13.1 Å². The van der Waals surface area contributed by atoms with Gasteiger partial charge in [-0.25, -0.2) is 4.98 Å². The van der Waals surface area contributed by atoms with Crippen LogP contribution in [-0.4, -0.2) is 15.9 Å². The fourth-order valence-electron chi connectivity index (χ4n) is 3.82. The summed E-state index contributed by atoms with van der Waals surface area (Å²) in [5.74, 6) is -0.137. The first kappa shape index (κ1) is 21.5. The van der Waals surface area contributed by atoms with Crippen LogP contribution in [0.5, 0.6) is 0 Å². The van der Waals surface area contributed by atoms with Crippen LogP contribution < -0.4 is 11.1 Å². The van der Waals surface area contributed by atoms with Gasteiger partial charge in [0.1, 0.15) is 0 Å². The minimum Gasteiger partial charge on any atom is -0.348 e. The molecule has 0 radical (unpaired) electrons. The predicted octanol–water partition coefficient (Wildman–Crippen LogP) is 5.44. The van der Waals surface area contributed by atoms with Crippen molar-refractivity contribution in [1.29, 1.82) is 0 Å². The molecule has 5 rings (SSSR count). The standard InChI is InChI=1S/C27H21IN4O/c28-21-9-10-25-22(12-21)23(27(33)31-15-18-7-5-17(14-29)6-8-18)13-26(32-25)20-11-19-3-1-2-4-24(19)30-16-20/h1-13,16H,14-15,29H2,(H,31,33). The van der Waals surface area contributed by atoms with Gasteiger partial charge in [0.15, 0.2) is 0 Å². The molecule has 2 heterocycles. The highest BCUT2D eigenvalue weighted by Gasteiger charge is 2.15. The summed E-state index contributed by atoms with van der Waals surface area (Å²) in [5.41, 5.74) is 11.7. The maximum atomic E-state index is 13.3. The van der Waals surface area contributed by atoms with Gasteiger partial charge in [0, 0.05) is 39.2 Å². The van der Waals surface area contributed by atoms with E-state index in [1.165, 1.54) is 0 Å². The highest BCUT2D eigenvalue weighted by atomic mass is 127. The number of amides is 1. The second kappa shape index (κ2) is 9.25.